The number of ether oxygens (including phenoxy) is 1. The number of anilines is 2. The van der Waals surface area contributed by atoms with Gasteiger partial charge in [0.25, 0.3) is 20.0 Å². The molecule has 162 valence electrons. The Bertz CT molecular complexity index is 1290. The second-order valence-corrected chi connectivity index (χ2v) is 10.7. The van der Waals surface area contributed by atoms with Crippen LogP contribution in [0.4, 0.5) is 11.4 Å². The van der Waals surface area contributed by atoms with Crippen molar-refractivity contribution in [3.8, 4) is 5.75 Å². The zero-order valence-electron chi connectivity index (χ0n) is 16.9. The Kier molecular flexibility index (Phi) is 5.63. The smallest absolute Gasteiger partial charge is 0.264 e. The Morgan fingerprint density at radius 3 is 2.26 bits per heavy atom. The van der Waals surface area contributed by atoms with Crippen LogP contribution in [0.2, 0.25) is 0 Å². The van der Waals surface area contributed by atoms with E-state index in [-0.39, 0.29) is 9.79 Å². The highest BCUT2D eigenvalue weighted by molar-refractivity contribution is 7.93. The summed E-state index contributed by atoms with van der Waals surface area (Å²) in [5.41, 5.74) is 1.65. The summed E-state index contributed by atoms with van der Waals surface area (Å²) in [7, 11) is -6.09. The molecule has 1 N–H and O–H groups in total. The first-order chi connectivity index (χ1) is 14.8. The van der Waals surface area contributed by atoms with Crippen LogP contribution < -0.4 is 13.8 Å². The quantitative estimate of drug-likeness (QED) is 0.609. The van der Waals surface area contributed by atoms with Gasteiger partial charge in [-0.25, -0.2) is 16.8 Å². The zero-order chi connectivity index (χ0) is 22.1. The summed E-state index contributed by atoms with van der Waals surface area (Å²) in [5.74, 6) is 0.550. The number of hydrogen-bond acceptors (Lipinski definition) is 5. The van der Waals surface area contributed by atoms with Gasteiger partial charge in [0.2, 0.25) is 0 Å². The maximum Gasteiger partial charge on any atom is 0.264 e. The standard InChI is InChI=1S/C22H22N2O5S2/c1-29-19-11-13-20(14-12-19)30(25,26)23-18-10-9-17-6-5-15-24(22(17)16-18)31(27,28)21-7-3-2-4-8-21/h2-4,7-14,16,23H,5-6,15H2,1H3. The Balaban J connectivity index is 1.68. The van der Waals surface area contributed by atoms with Gasteiger partial charge >= 0.3 is 0 Å². The Hall–Kier alpha value is -3.04. The predicted molar refractivity (Wildman–Crippen MR) is 120 cm³/mol. The van der Waals surface area contributed by atoms with Crippen LogP contribution in [0.5, 0.6) is 5.75 Å². The normalized spacial score (nSPS) is 14.0. The van der Waals surface area contributed by atoms with Gasteiger partial charge in [-0.2, -0.15) is 0 Å². The first-order valence-electron chi connectivity index (χ1n) is 9.69. The molecular formula is C22H22N2O5S2. The van der Waals surface area contributed by atoms with Crippen molar-refractivity contribution in [1.82, 2.24) is 0 Å². The largest absolute Gasteiger partial charge is 0.497 e. The van der Waals surface area contributed by atoms with E-state index in [0.717, 1.165) is 12.0 Å². The predicted octanol–water partition coefficient (Wildman–Crippen LogP) is 3.64. The highest BCUT2D eigenvalue weighted by Crippen LogP contribution is 2.34. The van der Waals surface area contributed by atoms with Gasteiger partial charge < -0.3 is 4.74 Å². The van der Waals surface area contributed by atoms with E-state index in [4.69, 9.17) is 4.74 Å². The molecule has 0 fully saturated rings. The van der Waals surface area contributed by atoms with E-state index in [1.165, 1.54) is 23.5 Å². The lowest BCUT2D eigenvalue weighted by Crippen LogP contribution is -2.35. The lowest BCUT2D eigenvalue weighted by Gasteiger charge is -2.31. The molecule has 0 aromatic heterocycles. The lowest BCUT2D eigenvalue weighted by molar-refractivity contribution is 0.414. The van der Waals surface area contributed by atoms with Gasteiger partial charge in [-0.1, -0.05) is 24.3 Å². The zero-order valence-corrected chi connectivity index (χ0v) is 18.5. The van der Waals surface area contributed by atoms with Crippen molar-refractivity contribution < 1.29 is 21.6 Å². The molecule has 3 aromatic carbocycles. The molecule has 1 aliphatic heterocycles. The van der Waals surface area contributed by atoms with Crippen molar-refractivity contribution >= 4 is 31.4 Å². The minimum Gasteiger partial charge on any atom is -0.497 e. The maximum atomic E-state index is 13.2. The van der Waals surface area contributed by atoms with E-state index in [9.17, 15) is 16.8 Å². The first-order valence-corrected chi connectivity index (χ1v) is 12.6. The summed E-state index contributed by atoms with van der Waals surface area (Å²) in [6, 6.07) is 19.3. The number of fused-ring (bicyclic) bond motifs is 1. The van der Waals surface area contributed by atoms with Crippen LogP contribution in [-0.2, 0) is 26.5 Å². The summed E-state index contributed by atoms with van der Waals surface area (Å²) in [6.45, 7) is 0.332. The Morgan fingerprint density at radius 2 is 1.58 bits per heavy atom. The molecule has 0 bridgehead atoms. The summed E-state index contributed by atoms with van der Waals surface area (Å²) in [5, 5.41) is 0. The molecule has 0 unspecified atom stereocenters. The minimum absolute atomic E-state index is 0.0831. The Morgan fingerprint density at radius 1 is 0.871 bits per heavy atom. The molecule has 7 nitrogen and oxygen atoms in total. The summed E-state index contributed by atoms with van der Waals surface area (Å²) >= 11 is 0. The van der Waals surface area contributed by atoms with Gasteiger partial charge in [0.1, 0.15) is 5.75 Å². The highest BCUT2D eigenvalue weighted by Gasteiger charge is 2.29. The van der Waals surface area contributed by atoms with Crippen LogP contribution in [-0.4, -0.2) is 30.5 Å². The number of rotatable bonds is 6. The van der Waals surface area contributed by atoms with Gasteiger partial charge in [-0.15, -0.1) is 0 Å². The van der Waals surface area contributed by atoms with E-state index in [1.54, 1.807) is 60.7 Å². The van der Waals surface area contributed by atoms with Gasteiger partial charge in [0.05, 0.1) is 28.3 Å². The highest BCUT2D eigenvalue weighted by atomic mass is 32.2. The molecule has 0 amide bonds. The van der Waals surface area contributed by atoms with E-state index < -0.39 is 20.0 Å². The van der Waals surface area contributed by atoms with Crippen molar-refractivity contribution in [3.63, 3.8) is 0 Å². The molecule has 0 saturated heterocycles. The number of nitrogens with one attached hydrogen (secondary N) is 1. The number of hydrogen-bond donors (Lipinski definition) is 1. The van der Waals surface area contributed by atoms with Crippen LogP contribution in [0.1, 0.15) is 12.0 Å². The van der Waals surface area contributed by atoms with Gasteiger partial charge in [-0.05, 0) is 66.9 Å². The molecule has 0 spiro atoms. The number of benzene rings is 3. The maximum absolute atomic E-state index is 13.2. The second-order valence-electron chi connectivity index (χ2n) is 7.12. The van der Waals surface area contributed by atoms with Crippen molar-refractivity contribution in [2.24, 2.45) is 0 Å². The number of aryl methyl sites for hydroxylation is 1. The first kappa shape index (κ1) is 21.2. The Labute approximate surface area is 182 Å². The third-order valence-electron chi connectivity index (χ3n) is 5.11. The molecule has 0 aliphatic carbocycles. The average Bonchev–Trinajstić information content (AvgIpc) is 2.79. The van der Waals surface area contributed by atoms with Gasteiger partial charge in [0.15, 0.2) is 0 Å². The molecule has 0 saturated carbocycles. The summed E-state index contributed by atoms with van der Waals surface area (Å²) < 4.78 is 60.9. The summed E-state index contributed by atoms with van der Waals surface area (Å²) in [4.78, 5) is 0.284. The van der Waals surface area contributed by atoms with Crippen LogP contribution in [0.3, 0.4) is 0 Å². The lowest BCUT2D eigenvalue weighted by atomic mass is 10.0. The van der Waals surface area contributed by atoms with E-state index in [2.05, 4.69) is 4.72 Å². The van der Waals surface area contributed by atoms with Crippen molar-refractivity contribution in [2.75, 3.05) is 22.7 Å². The topological polar surface area (TPSA) is 92.8 Å². The monoisotopic (exact) mass is 458 g/mol. The molecule has 1 heterocycles. The molecular weight excluding hydrogens is 436 g/mol. The van der Waals surface area contributed by atoms with Crippen LogP contribution in [0.25, 0.3) is 0 Å². The van der Waals surface area contributed by atoms with Gasteiger partial charge in [-0.3, -0.25) is 9.03 Å². The second kappa shape index (κ2) is 8.24. The fourth-order valence-electron chi connectivity index (χ4n) is 3.54. The molecule has 9 heteroatoms. The molecule has 0 atom stereocenters. The molecule has 3 aromatic rings. The van der Waals surface area contributed by atoms with Crippen molar-refractivity contribution in [1.29, 1.82) is 0 Å². The van der Waals surface area contributed by atoms with Crippen molar-refractivity contribution in [3.05, 3.63) is 78.4 Å². The molecule has 31 heavy (non-hydrogen) atoms. The fourth-order valence-corrected chi connectivity index (χ4v) is 6.15. The van der Waals surface area contributed by atoms with E-state index in [0.29, 0.717) is 30.1 Å². The SMILES string of the molecule is COc1ccc(S(=O)(=O)Nc2ccc3c(c2)N(S(=O)(=O)c2ccccc2)CCC3)cc1. The number of methoxy groups -OCH3 is 1. The van der Waals surface area contributed by atoms with Crippen molar-refractivity contribution in [2.45, 2.75) is 22.6 Å². The van der Waals surface area contributed by atoms with Crippen LogP contribution in [0, 0.1) is 0 Å². The summed E-state index contributed by atoms with van der Waals surface area (Å²) in [6.07, 6.45) is 1.41. The molecule has 0 radical (unpaired) electrons. The molecule has 1 aliphatic rings. The van der Waals surface area contributed by atoms with E-state index >= 15 is 0 Å². The van der Waals surface area contributed by atoms with Crippen LogP contribution in [0.15, 0.2) is 82.6 Å². The van der Waals surface area contributed by atoms with Gasteiger partial charge in [0, 0.05) is 6.54 Å². The average molecular weight is 459 g/mol. The third-order valence-corrected chi connectivity index (χ3v) is 8.34. The molecule has 4 rings (SSSR count). The fraction of sp³-hybridized carbons (Fsp3) is 0.182. The third kappa shape index (κ3) is 4.24. The van der Waals surface area contributed by atoms with E-state index in [1.807, 2.05) is 0 Å². The number of sulfonamides is 2. The number of nitrogens with zero attached hydrogens (tertiary/aromatic N) is 1. The van der Waals surface area contributed by atoms with Crippen LogP contribution >= 0.6 is 0 Å². The minimum atomic E-state index is -3.84.